The summed E-state index contributed by atoms with van der Waals surface area (Å²) in [6.45, 7) is 17.5. The zero-order valence-electron chi connectivity index (χ0n) is 29.7. The number of hydrogen-bond acceptors (Lipinski definition) is 8. The fraction of sp³-hybridized carbons (Fsp3) is 0.474. The van der Waals surface area contributed by atoms with Crippen LogP contribution in [0.25, 0.3) is 0 Å². The smallest absolute Gasteiger partial charge is 0.256 e. The quantitative estimate of drug-likeness (QED) is 0.215. The number of methoxy groups -OCH3 is 1. The van der Waals surface area contributed by atoms with Crippen molar-refractivity contribution in [2.45, 2.75) is 64.9 Å². The molecule has 0 aromatic carbocycles. The molecule has 5 atom stereocenters. The second-order valence-electron chi connectivity index (χ2n) is 12.9. The molecule has 0 radical (unpaired) electrons. The number of nitrogens with one attached hydrogen (secondary N) is 2. The van der Waals surface area contributed by atoms with E-state index in [0.717, 1.165) is 18.4 Å². The molecule has 50 heavy (non-hydrogen) atoms. The Bertz CT molecular complexity index is 1560. The van der Waals surface area contributed by atoms with Gasteiger partial charge in [-0.2, -0.15) is 0 Å². The summed E-state index contributed by atoms with van der Waals surface area (Å²) in [6, 6.07) is 1.70. The maximum absolute atomic E-state index is 14.9. The number of aromatic nitrogens is 1. The minimum atomic E-state index is -0.877. The van der Waals surface area contributed by atoms with Crippen molar-refractivity contribution in [1.29, 1.82) is 0 Å². The van der Waals surface area contributed by atoms with Crippen LogP contribution in [0.1, 0.15) is 39.2 Å². The largest absolute Gasteiger partial charge is 0.495 e. The number of aryl methyl sites for hydroxylation is 1. The summed E-state index contributed by atoms with van der Waals surface area (Å²) < 4.78 is 32.5. The minimum Gasteiger partial charge on any atom is -0.495 e. The molecule has 12 heteroatoms. The highest BCUT2D eigenvalue weighted by molar-refractivity contribution is 6.07. The molecular formula is C38H50FN5O6. The van der Waals surface area contributed by atoms with Gasteiger partial charge in [0.05, 0.1) is 37.5 Å². The molecule has 0 bridgehead atoms. The lowest BCUT2D eigenvalue weighted by Gasteiger charge is -2.41. The van der Waals surface area contributed by atoms with Gasteiger partial charge in [-0.25, -0.2) is 9.37 Å². The average Bonchev–Trinajstić information content (AvgIpc) is 3.63. The maximum Gasteiger partial charge on any atom is 0.256 e. The van der Waals surface area contributed by atoms with Gasteiger partial charge in [0.15, 0.2) is 0 Å². The van der Waals surface area contributed by atoms with E-state index in [9.17, 15) is 18.8 Å². The molecular weight excluding hydrogens is 641 g/mol. The zero-order valence-corrected chi connectivity index (χ0v) is 29.7. The van der Waals surface area contributed by atoms with Crippen LogP contribution in [0.4, 0.5) is 10.2 Å². The lowest BCUT2D eigenvalue weighted by atomic mass is 9.87. The summed E-state index contributed by atoms with van der Waals surface area (Å²) in [5.74, 6) is -1.25. The number of allylic oxidation sites excluding steroid dienone is 4. The van der Waals surface area contributed by atoms with Gasteiger partial charge in [-0.1, -0.05) is 37.5 Å². The monoisotopic (exact) mass is 691 g/mol. The molecule has 0 spiro atoms. The van der Waals surface area contributed by atoms with E-state index in [0.29, 0.717) is 67.6 Å². The van der Waals surface area contributed by atoms with Crippen LogP contribution in [0.15, 0.2) is 84.4 Å². The molecule has 0 saturated carbocycles. The van der Waals surface area contributed by atoms with Gasteiger partial charge in [0.2, 0.25) is 11.8 Å². The predicted octanol–water partition coefficient (Wildman–Crippen LogP) is 4.59. The fourth-order valence-corrected chi connectivity index (χ4v) is 6.22. The Labute approximate surface area is 294 Å². The van der Waals surface area contributed by atoms with Crippen LogP contribution in [0.3, 0.4) is 0 Å². The first-order valence-corrected chi connectivity index (χ1v) is 17.0. The first-order valence-electron chi connectivity index (χ1n) is 17.0. The SMILES string of the molecule is C=CC(=O)N1CCN(C[C@H](/C=C/C(F)=C(/C)C=C)OC2C=C(C)C(C(=O)Nc3ncc(OC)cc3C)=CC2C(=O)NC[C@H]2CCCO2)C[C@H]1C. The van der Waals surface area contributed by atoms with Crippen molar-refractivity contribution in [2.75, 3.05) is 51.8 Å². The number of carbonyl (C=O) groups is 3. The normalized spacial score (nSPS) is 23.8. The first-order chi connectivity index (χ1) is 23.9. The Morgan fingerprint density at radius 3 is 2.62 bits per heavy atom. The number of piperazine rings is 1. The zero-order chi connectivity index (χ0) is 36.4. The van der Waals surface area contributed by atoms with Crippen LogP contribution in [0.2, 0.25) is 0 Å². The number of halogens is 1. The van der Waals surface area contributed by atoms with Crippen molar-refractivity contribution >= 4 is 23.5 Å². The summed E-state index contributed by atoms with van der Waals surface area (Å²) >= 11 is 0. The van der Waals surface area contributed by atoms with Crippen LogP contribution in [-0.4, -0.2) is 103 Å². The van der Waals surface area contributed by atoms with Crippen LogP contribution < -0.4 is 15.4 Å². The maximum atomic E-state index is 14.9. The number of anilines is 1. The van der Waals surface area contributed by atoms with Gasteiger partial charge in [0, 0.05) is 50.9 Å². The van der Waals surface area contributed by atoms with Crippen LogP contribution >= 0.6 is 0 Å². The van der Waals surface area contributed by atoms with Gasteiger partial charge in [-0.3, -0.25) is 19.3 Å². The Kier molecular flexibility index (Phi) is 13.8. The van der Waals surface area contributed by atoms with Gasteiger partial charge in [0.25, 0.3) is 5.91 Å². The van der Waals surface area contributed by atoms with E-state index >= 15 is 0 Å². The summed E-state index contributed by atoms with van der Waals surface area (Å²) in [7, 11) is 1.54. The summed E-state index contributed by atoms with van der Waals surface area (Å²) in [4.78, 5) is 48.0. The van der Waals surface area contributed by atoms with Crippen molar-refractivity contribution in [3.63, 3.8) is 0 Å². The van der Waals surface area contributed by atoms with Gasteiger partial charge in [-0.05, 0) is 75.5 Å². The summed E-state index contributed by atoms with van der Waals surface area (Å²) in [5, 5.41) is 5.86. The lowest BCUT2D eigenvalue weighted by Crippen LogP contribution is -2.55. The van der Waals surface area contributed by atoms with Gasteiger partial charge < -0.3 is 29.7 Å². The highest BCUT2D eigenvalue weighted by atomic mass is 19.1. The molecule has 1 aromatic heterocycles. The van der Waals surface area contributed by atoms with E-state index in [1.807, 2.05) is 13.8 Å². The van der Waals surface area contributed by atoms with Crippen LogP contribution in [0, 0.1) is 12.8 Å². The second-order valence-corrected chi connectivity index (χ2v) is 12.9. The Morgan fingerprint density at radius 2 is 1.98 bits per heavy atom. The van der Waals surface area contributed by atoms with Crippen molar-refractivity contribution in [3.05, 3.63) is 90.0 Å². The summed E-state index contributed by atoms with van der Waals surface area (Å²) in [5.41, 5.74) is 2.03. The van der Waals surface area contributed by atoms with Gasteiger partial charge in [0.1, 0.15) is 17.4 Å². The summed E-state index contributed by atoms with van der Waals surface area (Å²) in [6.07, 6.45) is 10.9. The van der Waals surface area contributed by atoms with E-state index in [4.69, 9.17) is 14.2 Å². The third-order valence-corrected chi connectivity index (χ3v) is 9.21. The average molecular weight is 692 g/mol. The topological polar surface area (TPSA) is 122 Å². The molecule has 270 valence electrons. The molecule has 2 fully saturated rings. The first kappa shape index (κ1) is 38.4. The molecule has 1 aliphatic carbocycles. The molecule has 3 amide bonds. The van der Waals surface area contributed by atoms with Crippen molar-refractivity contribution < 1.29 is 33.0 Å². The number of nitrogens with zero attached hydrogens (tertiary/aromatic N) is 3. The van der Waals surface area contributed by atoms with Gasteiger partial charge >= 0.3 is 0 Å². The molecule has 2 aliphatic heterocycles. The number of hydrogen-bond donors (Lipinski definition) is 2. The molecule has 3 aliphatic rings. The van der Waals surface area contributed by atoms with Crippen LogP contribution in [-0.2, 0) is 23.9 Å². The van der Waals surface area contributed by atoms with E-state index in [-0.39, 0.29) is 24.0 Å². The van der Waals surface area contributed by atoms with Crippen LogP contribution in [0.5, 0.6) is 5.75 Å². The highest BCUT2D eigenvalue weighted by Gasteiger charge is 2.35. The third kappa shape index (κ3) is 10.1. The van der Waals surface area contributed by atoms with E-state index < -0.39 is 29.9 Å². The van der Waals surface area contributed by atoms with Crippen molar-refractivity contribution in [3.8, 4) is 5.75 Å². The number of carbonyl (C=O) groups excluding carboxylic acids is 3. The lowest BCUT2D eigenvalue weighted by molar-refractivity contribution is -0.130. The Morgan fingerprint density at radius 1 is 1.20 bits per heavy atom. The molecule has 4 rings (SSSR count). The standard InChI is InChI=1S/C38H50FN5O6/c1-8-24(3)33(39)13-12-29(23-43-14-15-44(27(6)22-43)35(45)9-2)50-34-18-25(4)31(19-32(34)37(46)41-20-28-11-10-16-49-28)38(47)42-36-26(5)17-30(48-7)21-40-36/h8-9,12-13,17-19,21,27-29,32,34H,1-2,10-11,14-16,20,22-23H2,3-7H3,(H,41,46)(H,40,42,47)/b13-12+,33-24+/t27-,28-,29+,32?,34?/m1/s1. The second kappa shape index (κ2) is 18.0. The van der Waals surface area contributed by atoms with E-state index in [2.05, 4.69) is 33.7 Å². The predicted molar refractivity (Wildman–Crippen MR) is 191 cm³/mol. The van der Waals surface area contributed by atoms with Gasteiger partial charge in [-0.15, -0.1) is 0 Å². The molecule has 1 aromatic rings. The molecule has 3 heterocycles. The highest BCUT2D eigenvalue weighted by Crippen LogP contribution is 2.29. The fourth-order valence-electron chi connectivity index (χ4n) is 6.22. The molecule has 2 N–H and O–H groups in total. The number of amides is 3. The number of pyridine rings is 1. The third-order valence-electron chi connectivity index (χ3n) is 9.21. The van der Waals surface area contributed by atoms with Crippen molar-refractivity contribution in [2.24, 2.45) is 5.92 Å². The Hall–Kier alpha value is -4.39. The minimum absolute atomic E-state index is 0.0699. The van der Waals surface area contributed by atoms with E-state index in [1.165, 1.54) is 24.4 Å². The van der Waals surface area contributed by atoms with E-state index in [1.54, 1.807) is 50.2 Å². The molecule has 2 saturated heterocycles. The number of ether oxygens (including phenoxy) is 3. The molecule has 11 nitrogen and oxygen atoms in total. The Balaban J connectivity index is 1.60. The number of rotatable bonds is 14. The molecule has 2 unspecified atom stereocenters. The van der Waals surface area contributed by atoms with Crippen molar-refractivity contribution in [1.82, 2.24) is 20.1 Å².